The molecule has 0 bridgehead atoms. The highest BCUT2D eigenvalue weighted by Gasteiger charge is 2.22. The lowest BCUT2D eigenvalue weighted by molar-refractivity contribution is -0.136. The molecule has 128 valence electrons. The molecular weight excluding hydrogens is 311 g/mol. The maximum atomic E-state index is 13.7. The zero-order valence-corrected chi connectivity index (χ0v) is 13.6. The zero-order valence-electron chi connectivity index (χ0n) is 13.6. The highest BCUT2D eigenvalue weighted by atomic mass is 19.1. The van der Waals surface area contributed by atoms with E-state index in [1.54, 1.807) is 13.0 Å². The molecule has 0 unspecified atom stereocenters. The van der Waals surface area contributed by atoms with Crippen LogP contribution in [-0.2, 0) is 11.2 Å². The van der Waals surface area contributed by atoms with Gasteiger partial charge in [0, 0.05) is 28.4 Å². The Hall–Kier alpha value is -2.21. The number of hydrogen-bond donors (Lipinski definition) is 3. The van der Waals surface area contributed by atoms with E-state index in [-0.39, 0.29) is 24.4 Å². The van der Waals surface area contributed by atoms with E-state index < -0.39 is 5.97 Å². The topological polar surface area (TPSA) is 82.5 Å². The first kappa shape index (κ1) is 16.6. The largest absolute Gasteiger partial charge is 0.481 e. The van der Waals surface area contributed by atoms with E-state index in [0.29, 0.717) is 40.7 Å². The van der Waals surface area contributed by atoms with E-state index in [0.717, 1.165) is 12.8 Å². The average Bonchev–Trinajstić information content (AvgIpc) is 2.53. The van der Waals surface area contributed by atoms with Crippen LogP contribution < -0.4 is 5.32 Å². The number of fused-ring (bicyclic) bond motifs is 1. The van der Waals surface area contributed by atoms with Gasteiger partial charge in [0.05, 0.1) is 18.0 Å². The molecule has 1 aliphatic rings. The molecule has 1 aromatic carbocycles. The van der Waals surface area contributed by atoms with Gasteiger partial charge in [-0.25, -0.2) is 4.39 Å². The van der Waals surface area contributed by atoms with E-state index in [1.165, 1.54) is 12.1 Å². The number of aliphatic hydroxyl groups is 1. The van der Waals surface area contributed by atoms with Crippen LogP contribution in [0.4, 0.5) is 10.1 Å². The monoisotopic (exact) mass is 332 g/mol. The summed E-state index contributed by atoms with van der Waals surface area (Å²) < 4.78 is 13.7. The fourth-order valence-electron chi connectivity index (χ4n) is 3.35. The minimum atomic E-state index is -0.947. The highest BCUT2D eigenvalue weighted by Crippen LogP contribution is 2.32. The van der Waals surface area contributed by atoms with Gasteiger partial charge in [0.25, 0.3) is 0 Å². The first-order chi connectivity index (χ1) is 11.4. The second kappa shape index (κ2) is 6.73. The Morgan fingerprint density at radius 2 is 2.04 bits per heavy atom. The second-order valence-electron chi connectivity index (χ2n) is 6.43. The molecule has 3 rings (SSSR count). The summed E-state index contributed by atoms with van der Waals surface area (Å²) in [7, 11) is 0. The van der Waals surface area contributed by atoms with Crippen LogP contribution in [0.5, 0.6) is 0 Å². The SMILES string of the molecule is Cc1nc2ccc(F)cc2c(NC2CCC(O)CC2)c1CC(=O)O. The molecule has 6 heteroatoms. The van der Waals surface area contributed by atoms with Crippen molar-refractivity contribution >= 4 is 22.6 Å². The number of rotatable bonds is 4. The van der Waals surface area contributed by atoms with Crippen LogP contribution in [0.25, 0.3) is 10.9 Å². The number of hydrogen-bond acceptors (Lipinski definition) is 4. The van der Waals surface area contributed by atoms with Gasteiger partial charge in [0.1, 0.15) is 5.82 Å². The Bertz CT molecular complexity index is 770. The number of benzene rings is 1. The van der Waals surface area contributed by atoms with E-state index in [9.17, 15) is 19.4 Å². The van der Waals surface area contributed by atoms with Crippen LogP contribution in [0.2, 0.25) is 0 Å². The first-order valence-corrected chi connectivity index (χ1v) is 8.19. The van der Waals surface area contributed by atoms with Gasteiger partial charge in [0.2, 0.25) is 0 Å². The highest BCUT2D eigenvalue weighted by molar-refractivity contribution is 5.95. The van der Waals surface area contributed by atoms with Crippen LogP contribution in [-0.4, -0.2) is 33.3 Å². The number of nitrogens with one attached hydrogen (secondary N) is 1. The Labute approximate surface area is 139 Å². The molecule has 1 aliphatic carbocycles. The quantitative estimate of drug-likeness (QED) is 0.802. The number of aliphatic carboxylic acids is 1. The van der Waals surface area contributed by atoms with E-state index in [4.69, 9.17) is 0 Å². The standard InChI is InChI=1S/C18H21FN2O3/c1-10-14(9-17(23)24)18(21-12-3-5-13(22)6-4-12)15-8-11(19)2-7-16(15)20-10/h2,7-8,12-13,22H,3-6,9H2,1H3,(H,20,21)(H,23,24). The van der Waals surface area contributed by atoms with Crippen molar-refractivity contribution in [2.24, 2.45) is 0 Å². The van der Waals surface area contributed by atoms with Crippen LogP contribution in [0.3, 0.4) is 0 Å². The predicted octanol–water partition coefficient (Wildman–Crippen LogP) is 3.02. The molecule has 1 aromatic heterocycles. The molecule has 0 atom stereocenters. The molecule has 0 spiro atoms. The maximum absolute atomic E-state index is 13.7. The van der Waals surface area contributed by atoms with Crippen LogP contribution in [0, 0.1) is 12.7 Å². The van der Waals surface area contributed by atoms with Gasteiger partial charge in [-0.05, 0) is 50.8 Å². The van der Waals surface area contributed by atoms with E-state index in [2.05, 4.69) is 10.3 Å². The number of carboxylic acids is 1. The Balaban J connectivity index is 2.06. The van der Waals surface area contributed by atoms with Gasteiger partial charge < -0.3 is 15.5 Å². The third-order valence-corrected chi connectivity index (χ3v) is 4.63. The lowest BCUT2D eigenvalue weighted by Gasteiger charge is -2.28. The van der Waals surface area contributed by atoms with Gasteiger partial charge in [-0.2, -0.15) is 0 Å². The van der Waals surface area contributed by atoms with E-state index in [1.807, 2.05) is 0 Å². The lowest BCUT2D eigenvalue weighted by atomic mass is 9.92. The summed E-state index contributed by atoms with van der Waals surface area (Å²) in [6, 6.07) is 4.49. The molecule has 0 amide bonds. The van der Waals surface area contributed by atoms with E-state index >= 15 is 0 Å². The molecule has 0 saturated heterocycles. The normalized spacial score (nSPS) is 21.0. The van der Waals surface area contributed by atoms with Gasteiger partial charge in [-0.15, -0.1) is 0 Å². The number of nitrogens with zero attached hydrogens (tertiary/aromatic N) is 1. The summed E-state index contributed by atoms with van der Waals surface area (Å²) in [5, 5.41) is 22.9. The van der Waals surface area contributed by atoms with Crippen molar-refractivity contribution in [2.45, 2.75) is 51.2 Å². The van der Waals surface area contributed by atoms with Crippen molar-refractivity contribution < 1.29 is 19.4 Å². The van der Waals surface area contributed by atoms with Crippen molar-refractivity contribution in [1.82, 2.24) is 4.98 Å². The third-order valence-electron chi connectivity index (χ3n) is 4.63. The lowest BCUT2D eigenvalue weighted by Crippen LogP contribution is -2.29. The van der Waals surface area contributed by atoms with Crippen molar-refractivity contribution in [2.75, 3.05) is 5.32 Å². The molecule has 1 fully saturated rings. The minimum Gasteiger partial charge on any atom is -0.481 e. The molecule has 0 aliphatic heterocycles. The van der Waals surface area contributed by atoms with Gasteiger partial charge in [0.15, 0.2) is 0 Å². The number of carboxylic acid groups (broad SMARTS) is 1. The molecular formula is C18H21FN2O3. The molecule has 3 N–H and O–H groups in total. The molecule has 2 aromatic rings. The number of pyridine rings is 1. The average molecular weight is 332 g/mol. The summed E-state index contributed by atoms with van der Waals surface area (Å²) >= 11 is 0. The zero-order chi connectivity index (χ0) is 17.3. The minimum absolute atomic E-state index is 0.134. The summed E-state index contributed by atoms with van der Waals surface area (Å²) in [6.45, 7) is 1.77. The van der Waals surface area contributed by atoms with Crippen molar-refractivity contribution in [1.29, 1.82) is 0 Å². The molecule has 5 nitrogen and oxygen atoms in total. The summed E-state index contributed by atoms with van der Waals surface area (Å²) in [5.41, 5.74) is 2.52. The Morgan fingerprint density at radius 3 is 2.71 bits per heavy atom. The number of halogens is 1. The number of anilines is 1. The summed E-state index contributed by atoms with van der Waals surface area (Å²) in [6.07, 6.45) is 2.58. The van der Waals surface area contributed by atoms with Crippen LogP contribution in [0.15, 0.2) is 18.2 Å². The van der Waals surface area contributed by atoms with Crippen molar-refractivity contribution in [3.05, 3.63) is 35.3 Å². The number of carbonyl (C=O) groups is 1. The second-order valence-corrected chi connectivity index (χ2v) is 6.43. The van der Waals surface area contributed by atoms with Crippen molar-refractivity contribution in [3.63, 3.8) is 0 Å². The third kappa shape index (κ3) is 3.48. The van der Waals surface area contributed by atoms with Crippen molar-refractivity contribution in [3.8, 4) is 0 Å². The Morgan fingerprint density at radius 1 is 1.33 bits per heavy atom. The maximum Gasteiger partial charge on any atom is 0.307 e. The Kier molecular flexibility index (Phi) is 4.66. The fourth-order valence-corrected chi connectivity index (χ4v) is 3.35. The molecule has 0 radical (unpaired) electrons. The summed E-state index contributed by atoms with van der Waals surface area (Å²) in [4.78, 5) is 15.7. The van der Waals surface area contributed by atoms with Crippen LogP contribution in [0.1, 0.15) is 36.9 Å². The van der Waals surface area contributed by atoms with Gasteiger partial charge >= 0.3 is 5.97 Å². The molecule has 24 heavy (non-hydrogen) atoms. The van der Waals surface area contributed by atoms with Gasteiger partial charge in [-0.1, -0.05) is 0 Å². The number of aliphatic hydroxyl groups excluding tert-OH is 1. The number of aromatic nitrogens is 1. The summed E-state index contributed by atoms with van der Waals surface area (Å²) in [5.74, 6) is -1.32. The fraction of sp³-hybridized carbons (Fsp3) is 0.444. The molecule has 1 saturated carbocycles. The smallest absolute Gasteiger partial charge is 0.307 e. The first-order valence-electron chi connectivity index (χ1n) is 8.19. The number of aryl methyl sites for hydroxylation is 1. The molecule has 1 heterocycles. The predicted molar refractivity (Wildman–Crippen MR) is 89.7 cm³/mol. The van der Waals surface area contributed by atoms with Gasteiger partial charge in [-0.3, -0.25) is 9.78 Å². The van der Waals surface area contributed by atoms with Crippen LogP contribution >= 0.6 is 0 Å².